The molecule has 2 atom stereocenters. The summed E-state index contributed by atoms with van der Waals surface area (Å²) in [6.45, 7) is 2.17. The van der Waals surface area contributed by atoms with Gasteiger partial charge in [-0.2, -0.15) is 0 Å². The third-order valence-electron chi connectivity index (χ3n) is 3.82. The first-order valence-electron chi connectivity index (χ1n) is 6.69. The van der Waals surface area contributed by atoms with Crippen LogP contribution in [0.5, 0.6) is 0 Å². The predicted octanol–water partition coefficient (Wildman–Crippen LogP) is 2.03. The standard InChI is InChI=1S/C15H19NO4S/c1-9-4-5-11(21-3)7-12(9)14(17)16-8-10(20-2)6-13(16)15(18)19/h4-5,7,10,13H,6,8H2,1-3H3,(H,18,19). The maximum absolute atomic E-state index is 12.7. The van der Waals surface area contributed by atoms with Gasteiger partial charge < -0.3 is 14.7 Å². The van der Waals surface area contributed by atoms with E-state index in [4.69, 9.17) is 4.74 Å². The second-order valence-corrected chi connectivity index (χ2v) is 5.97. The minimum absolute atomic E-state index is 0.223. The number of methoxy groups -OCH3 is 1. The first-order chi connectivity index (χ1) is 9.97. The van der Waals surface area contributed by atoms with Gasteiger partial charge in [0.25, 0.3) is 5.91 Å². The number of carbonyl (C=O) groups is 2. The molecule has 2 unspecified atom stereocenters. The lowest BCUT2D eigenvalue weighted by Crippen LogP contribution is -2.40. The number of likely N-dealkylation sites (tertiary alicyclic amines) is 1. The summed E-state index contributed by atoms with van der Waals surface area (Å²) in [5.41, 5.74) is 1.41. The van der Waals surface area contributed by atoms with E-state index in [9.17, 15) is 14.7 Å². The van der Waals surface area contributed by atoms with Crippen molar-refractivity contribution in [2.75, 3.05) is 19.9 Å². The second kappa shape index (κ2) is 6.49. The zero-order valence-corrected chi connectivity index (χ0v) is 13.1. The molecule has 0 saturated carbocycles. The summed E-state index contributed by atoms with van der Waals surface area (Å²) >= 11 is 1.55. The second-order valence-electron chi connectivity index (χ2n) is 5.09. The van der Waals surface area contributed by atoms with Crippen molar-refractivity contribution in [3.63, 3.8) is 0 Å². The van der Waals surface area contributed by atoms with Gasteiger partial charge in [0.15, 0.2) is 0 Å². The van der Waals surface area contributed by atoms with Gasteiger partial charge in [0.2, 0.25) is 0 Å². The average molecular weight is 309 g/mol. The zero-order chi connectivity index (χ0) is 15.6. The van der Waals surface area contributed by atoms with E-state index in [1.54, 1.807) is 11.8 Å². The van der Waals surface area contributed by atoms with Crippen LogP contribution < -0.4 is 0 Å². The molecule has 0 spiro atoms. The van der Waals surface area contributed by atoms with Crippen molar-refractivity contribution < 1.29 is 19.4 Å². The van der Waals surface area contributed by atoms with Crippen LogP contribution >= 0.6 is 11.8 Å². The highest BCUT2D eigenvalue weighted by Gasteiger charge is 2.40. The molecule has 21 heavy (non-hydrogen) atoms. The van der Waals surface area contributed by atoms with E-state index in [1.165, 1.54) is 12.0 Å². The number of hydrogen-bond donors (Lipinski definition) is 1. The maximum atomic E-state index is 12.7. The first-order valence-corrected chi connectivity index (χ1v) is 7.91. The molecule has 1 saturated heterocycles. The van der Waals surface area contributed by atoms with Gasteiger partial charge in [0.05, 0.1) is 6.10 Å². The van der Waals surface area contributed by atoms with Gasteiger partial charge in [0, 0.05) is 30.5 Å². The molecular formula is C15H19NO4S. The van der Waals surface area contributed by atoms with E-state index in [0.29, 0.717) is 18.5 Å². The van der Waals surface area contributed by atoms with Gasteiger partial charge in [-0.1, -0.05) is 6.07 Å². The average Bonchev–Trinajstić information content (AvgIpc) is 2.91. The number of benzene rings is 1. The number of carboxylic acid groups (broad SMARTS) is 1. The molecule has 1 aliphatic rings. The van der Waals surface area contributed by atoms with Crippen molar-refractivity contribution in [2.45, 2.75) is 30.4 Å². The third-order valence-corrected chi connectivity index (χ3v) is 4.54. The SMILES string of the molecule is COC1CC(C(=O)O)N(C(=O)c2cc(SC)ccc2C)C1. The van der Waals surface area contributed by atoms with E-state index in [1.807, 2.05) is 31.4 Å². The monoisotopic (exact) mass is 309 g/mol. The van der Waals surface area contributed by atoms with Gasteiger partial charge in [-0.25, -0.2) is 4.79 Å². The van der Waals surface area contributed by atoms with Crippen molar-refractivity contribution in [1.29, 1.82) is 0 Å². The Bertz CT molecular complexity index is 561. The minimum atomic E-state index is -0.985. The number of thioether (sulfide) groups is 1. The number of carbonyl (C=O) groups excluding carboxylic acids is 1. The van der Waals surface area contributed by atoms with Crippen LogP contribution in [-0.2, 0) is 9.53 Å². The number of amides is 1. The molecule has 1 heterocycles. The molecule has 5 nitrogen and oxygen atoms in total. The van der Waals surface area contributed by atoms with E-state index >= 15 is 0 Å². The number of aliphatic carboxylic acids is 1. The molecule has 0 bridgehead atoms. The molecule has 0 radical (unpaired) electrons. The van der Waals surface area contributed by atoms with Crippen molar-refractivity contribution in [1.82, 2.24) is 4.90 Å². The summed E-state index contributed by atoms with van der Waals surface area (Å²) in [5.74, 6) is -1.23. The lowest BCUT2D eigenvalue weighted by molar-refractivity contribution is -0.141. The predicted molar refractivity (Wildman–Crippen MR) is 80.8 cm³/mol. The quantitative estimate of drug-likeness (QED) is 0.862. The van der Waals surface area contributed by atoms with Crippen molar-refractivity contribution >= 4 is 23.6 Å². The normalized spacial score (nSPS) is 21.6. The Morgan fingerprint density at radius 3 is 2.71 bits per heavy atom. The smallest absolute Gasteiger partial charge is 0.326 e. The van der Waals surface area contributed by atoms with Crippen LogP contribution in [-0.4, -0.2) is 53.9 Å². The maximum Gasteiger partial charge on any atom is 0.326 e. The fourth-order valence-corrected chi connectivity index (χ4v) is 2.98. The third kappa shape index (κ3) is 3.22. The van der Waals surface area contributed by atoms with Crippen LogP contribution in [0.1, 0.15) is 22.3 Å². The highest BCUT2D eigenvalue weighted by atomic mass is 32.2. The summed E-state index contributed by atoms with van der Waals surface area (Å²) in [6.07, 6.45) is 2.05. The van der Waals surface area contributed by atoms with Crippen molar-refractivity contribution in [3.05, 3.63) is 29.3 Å². The van der Waals surface area contributed by atoms with E-state index in [-0.39, 0.29) is 12.0 Å². The summed E-state index contributed by atoms with van der Waals surface area (Å²) in [5, 5.41) is 9.31. The Labute approximate surface area is 128 Å². The number of carboxylic acids is 1. The highest BCUT2D eigenvalue weighted by molar-refractivity contribution is 7.98. The molecule has 1 N–H and O–H groups in total. The zero-order valence-electron chi connectivity index (χ0n) is 12.3. The Morgan fingerprint density at radius 2 is 2.14 bits per heavy atom. The lowest BCUT2D eigenvalue weighted by Gasteiger charge is -2.22. The van der Waals surface area contributed by atoms with Gasteiger partial charge in [-0.05, 0) is 30.9 Å². The topological polar surface area (TPSA) is 66.8 Å². The van der Waals surface area contributed by atoms with Crippen molar-refractivity contribution in [3.8, 4) is 0 Å². The molecule has 114 valence electrons. The van der Waals surface area contributed by atoms with E-state index in [2.05, 4.69) is 0 Å². The number of hydrogen-bond acceptors (Lipinski definition) is 4. The van der Waals surface area contributed by atoms with Gasteiger partial charge in [-0.15, -0.1) is 11.8 Å². The number of ether oxygens (including phenoxy) is 1. The summed E-state index contributed by atoms with van der Waals surface area (Å²) in [7, 11) is 1.54. The number of aryl methyl sites for hydroxylation is 1. The van der Waals surface area contributed by atoms with Crippen LogP contribution in [0.2, 0.25) is 0 Å². The Balaban J connectivity index is 2.32. The molecule has 1 fully saturated rings. The molecule has 1 amide bonds. The fourth-order valence-electron chi connectivity index (χ4n) is 2.54. The van der Waals surface area contributed by atoms with Crippen LogP contribution in [0.4, 0.5) is 0 Å². The molecule has 0 aromatic heterocycles. The van der Waals surface area contributed by atoms with E-state index < -0.39 is 12.0 Å². The van der Waals surface area contributed by atoms with Crippen LogP contribution in [0, 0.1) is 6.92 Å². The molecule has 0 aliphatic carbocycles. The minimum Gasteiger partial charge on any atom is -0.480 e. The Hall–Kier alpha value is -1.53. The van der Waals surface area contributed by atoms with Crippen LogP contribution in [0.15, 0.2) is 23.1 Å². The van der Waals surface area contributed by atoms with Crippen molar-refractivity contribution in [2.24, 2.45) is 0 Å². The van der Waals surface area contributed by atoms with E-state index in [0.717, 1.165) is 10.5 Å². The molecule has 1 aromatic carbocycles. The first kappa shape index (κ1) is 15.9. The fraction of sp³-hybridized carbons (Fsp3) is 0.467. The van der Waals surface area contributed by atoms with Gasteiger partial charge in [-0.3, -0.25) is 4.79 Å². The molecule has 6 heteroatoms. The summed E-state index contributed by atoms with van der Waals surface area (Å²) < 4.78 is 5.22. The molecule has 1 aromatic rings. The van der Waals surface area contributed by atoms with Crippen LogP contribution in [0.3, 0.4) is 0 Å². The Morgan fingerprint density at radius 1 is 1.43 bits per heavy atom. The molecule has 1 aliphatic heterocycles. The number of nitrogens with zero attached hydrogens (tertiary/aromatic N) is 1. The largest absolute Gasteiger partial charge is 0.480 e. The highest BCUT2D eigenvalue weighted by Crippen LogP contribution is 2.26. The van der Waals surface area contributed by atoms with Crippen LogP contribution in [0.25, 0.3) is 0 Å². The Kier molecular flexibility index (Phi) is 4.90. The lowest BCUT2D eigenvalue weighted by atomic mass is 10.1. The summed E-state index contributed by atoms with van der Waals surface area (Å²) in [6, 6.07) is 4.84. The van der Waals surface area contributed by atoms with Gasteiger partial charge in [0.1, 0.15) is 6.04 Å². The molecular weight excluding hydrogens is 290 g/mol. The number of rotatable bonds is 4. The van der Waals surface area contributed by atoms with Gasteiger partial charge >= 0.3 is 5.97 Å². The summed E-state index contributed by atoms with van der Waals surface area (Å²) in [4.78, 5) is 26.5. The molecule has 2 rings (SSSR count).